The molecular weight excluding hydrogens is 428 g/mol. The molecule has 7 nitrogen and oxygen atoms in total. The molecule has 0 radical (unpaired) electrons. The van der Waals surface area contributed by atoms with Crippen molar-refractivity contribution in [2.75, 3.05) is 6.54 Å². The van der Waals surface area contributed by atoms with Gasteiger partial charge in [0.1, 0.15) is 5.75 Å². The molecule has 32 heavy (non-hydrogen) atoms. The van der Waals surface area contributed by atoms with E-state index in [0.29, 0.717) is 22.5 Å². The number of aromatic nitrogens is 2. The van der Waals surface area contributed by atoms with Crippen LogP contribution in [0.4, 0.5) is 0 Å². The van der Waals surface area contributed by atoms with E-state index in [0.717, 1.165) is 64.4 Å². The molecule has 0 saturated heterocycles. The molecule has 2 aliphatic rings. The van der Waals surface area contributed by atoms with Crippen molar-refractivity contribution in [2.24, 2.45) is 5.73 Å². The third-order valence-corrected chi connectivity index (χ3v) is 6.36. The van der Waals surface area contributed by atoms with Crippen molar-refractivity contribution < 1.29 is 14.1 Å². The molecule has 0 aliphatic carbocycles. The van der Waals surface area contributed by atoms with Crippen LogP contribution in [0.3, 0.4) is 0 Å². The second kappa shape index (κ2) is 7.32. The van der Waals surface area contributed by atoms with Crippen LogP contribution in [-0.2, 0) is 19.4 Å². The molecule has 1 atom stereocenters. The van der Waals surface area contributed by atoms with Gasteiger partial charge in [-0.3, -0.25) is 9.78 Å². The maximum absolute atomic E-state index is 11.6. The molecule has 4 aromatic rings. The Bertz CT molecular complexity index is 1400. The van der Waals surface area contributed by atoms with Gasteiger partial charge in [0.05, 0.1) is 11.2 Å². The van der Waals surface area contributed by atoms with E-state index >= 15 is 0 Å². The molecule has 1 unspecified atom stereocenters. The van der Waals surface area contributed by atoms with Gasteiger partial charge in [-0.05, 0) is 35.9 Å². The third kappa shape index (κ3) is 3.04. The first kappa shape index (κ1) is 19.3. The van der Waals surface area contributed by atoms with Gasteiger partial charge < -0.3 is 20.3 Å². The van der Waals surface area contributed by atoms with Crippen molar-refractivity contribution in [2.45, 2.75) is 25.5 Å². The number of carbonyl (C=O) groups is 1. The van der Waals surface area contributed by atoms with Crippen LogP contribution < -0.4 is 15.8 Å². The lowest BCUT2D eigenvalue weighted by molar-refractivity contribution is 0.100. The summed E-state index contributed by atoms with van der Waals surface area (Å²) in [6.07, 6.45) is 2.96. The fourth-order valence-corrected chi connectivity index (χ4v) is 4.86. The maximum atomic E-state index is 11.6. The standard InChI is InChI=1S/C24H19ClN4O3/c25-14-7-13-9-21(23-18-11-27-5-4-19(18)29-32-23)31-22(13)17(10-14)15-3-6-28-20-8-12(24(26)30)1-2-16(15)20/h1-3,6-8,10,21,27H,4-5,9,11H2,(H2,26,30). The van der Waals surface area contributed by atoms with Gasteiger partial charge in [0.15, 0.2) is 11.9 Å². The Balaban J connectivity index is 1.45. The highest BCUT2D eigenvalue weighted by Gasteiger charge is 2.34. The molecule has 3 N–H and O–H groups in total. The lowest BCUT2D eigenvalue weighted by Crippen LogP contribution is -2.24. The Kier molecular flexibility index (Phi) is 4.41. The largest absolute Gasteiger partial charge is 0.481 e. The van der Waals surface area contributed by atoms with Gasteiger partial charge in [0.25, 0.3) is 0 Å². The van der Waals surface area contributed by atoms with Crippen LogP contribution in [0.25, 0.3) is 22.0 Å². The normalized spacial score (nSPS) is 17.1. The zero-order chi connectivity index (χ0) is 21.8. The van der Waals surface area contributed by atoms with Crippen LogP contribution in [0.1, 0.15) is 39.0 Å². The van der Waals surface area contributed by atoms with Crippen LogP contribution in [0.2, 0.25) is 5.02 Å². The molecular formula is C24H19ClN4O3. The predicted octanol–water partition coefficient (Wildman–Crippen LogP) is 3.96. The fraction of sp³-hybridized carbons (Fsp3) is 0.208. The van der Waals surface area contributed by atoms with Crippen LogP contribution in [0.15, 0.2) is 47.1 Å². The van der Waals surface area contributed by atoms with Crippen LogP contribution in [-0.4, -0.2) is 22.6 Å². The van der Waals surface area contributed by atoms with E-state index in [1.54, 1.807) is 18.3 Å². The van der Waals surface area contributed by atoms with E-state index in [4.69, 9.17) is 26.6 Å². The number of ether oxygens (including phenoxy) is 1. The average Bonchev–Trinajstić information content (AvgIpc) is 3.41. The van der Waals surface area contributed by atoms with Crippen LogP contribution in [0, 0.1) is 0 Å². The summed E-state index contributed by atoms with van der Waals surface area (Å²) in [5.41, 5.74) is 11.4. The summed E-state index contributed by atoms with van der Waals surface area (Å²) in [5.74, 6) is 1.06. The first-order valence-electron chi connectivity index (χ1n) is 10.4. The van der Waals surface area contributed by atoms with Crippen LogP contribution >= 0.6 is 11.6 Å². The minimum absolute atomic E-state index is 0.257. The van der Waals surface area contributed by atoms with E-state index in [-0.39, 0.29) is 6.10 Å². The number of benzene rings is 2. The molecule has 6 rings (SSSR count). The van der Waals surface area contributed by atoms with Gasteiger partial charge in [-0.25, -0.2) is 0 Å². The summed E-state index contributed by atoms with van der Waals surface area (Å²) < 4.78 is 12.2. The fourth-order valence-electron chi connectivity index (χ4n) is 4.62. The summed E-state index contributed by atoms with van der Waals surface area (Å²) in [4.78, 5) is 16.0. The molecule has 0 fully saturated rings. The molecule has 2 aliphatic heterocycles. The smallest absolute Gasteiger partial charge is 0.248 e. The van der Waals surface area contributed by atoms with Gasteiger partial charge >= 0.3 is 0 Å². The van der Waals surface area contributed by atoms with Crippen molar-refractivity contribution in [3.05, 3.63) is 75.8 Å². The number of hydrogen-bond acceptors (Lipinski definition) is 6. The Labute approximate surface area is 188 Å². The maximum Gasteiger partial charge on any atom is 0.248 e. The highest BCUT2D eigenvalue weighted by Crippen LogP contribution is 2.47. The number of carbonyl (C=O) groups excluding carboxylic acids is 1. The monoisotopic (exact) mass is 446 g/mol. The predicted molar refractivity (Wildman–Crippen MR) is 120 cm³/mol. The Morgan fingerprint density at radius 2 is 2.09 bits per heavy atom. The molecule has 2 aromatic heterocycles. The van der Waals surface area contributed by atoms with Crippen molar-refractivity contribution in [3.63, 3.8) is 0 Å². The first-order valence-corrected chi connectivity index (χ1v) is 10.8. The Morgan fingerprint density at radius 3 is 2.97 bits per heavy atom. The van der Waals surface area contributed by atoms with Gasteiger partial charge in [0, 0.05) is 64.8 Å². The number of pyridine rings is 1. The highest BCUT2D eigenvalue weighted by molar-refractivity contribution is 6.31. The van der Waals surface area contributed by atoms with Gasteiger partial charge in [-0.1, -0.05) is 22.8 Å². The second-order valence-corrected chi connectivity index (χ2v) is 8.54. The topological polar surface area (TPSA) is 103 Å². The Morgan fingerprint density at radius 1 is 1.19 bits per heavy atom. The molecule has 0 bridgehead atoms. The highest BCUT2D eigenvalue weighted by atomic mass is 35.5. The van der Waals surface area contributed by atoms with Crippen molar-refractivity contribution in [1.29, 1.82) is 0 Å². The number of nitrogens with two attached hydrogens (primary N) is 1. The number of primary amides is 1. The average molecular weight is 447 g/mol. The number of fused-ring (bicyclic) bond motifs is 3. The lowest BCUT2D eigenvalue weighted by atomic mass is 9.96. The van der Waals surface area contributed by atoms with Crippen molar-refractivity contribution >= 4 is 28.4 Å². The minimum atomic E-state index is -0.487. The number of nitrogens with one attached hydrogen (secondary N) is 1. The summed E-state index contributed by atoms with van der Waals surface area (Å²) in [6.45, 7) is 1.63. The molecule has 4 heterocycles. The lowest BCUT2D eigenvalue weighted by Gasteiger charge is -2.15. The van der Waals surface area contributed by atoms with Gasteiger partial charge in [0.2, 0.25) is 5.91 Å². The van der Waals surface area contributed by atoms with E-state index in [1.165, 1.54) is 0 Å². The quantitative estimate of drug-likeness (QED) is 0.493. The van der Waals surface area contributed by atoms with Gasteiger partial charge in [-0.2, -0.15) is 0 Å². The second-order valence-electron chi connectivity index (χ2n) is 8.11. The number of rotatable bonds is 3. The molecule has 160 valence electrons. The zero-order valence-corrected chi connectivity index (χ0v) is 17.8. The summed E-state index contributed by atoms with van der Waals surface area (Å²) in [7, 11) is 0. The van der Waals surface area contributed by atoms with Crippen molar-refractivity contribution in [3.8, 4) is 16.9 Å². The molecule has 2 aromatic carbocycles. The molecule has 0 saturated carbocycles. The number of halogens is 1. The molecule has 1 amide bonds. The van der Waals surface area contributed by atoms with Gasteiger partial charge in [-0.15, -0.1) is 0 Å². The SMILES string of the molecule is NC(=O)c1ccc2c(-c3cc(Cl)cc4c3OC(c3onc5c3CNCC5)C4)ccnc2c1. The van der Waals surface area contributed by atoms with E-state index in [9.17, 15) is 4.79 Å². The first-order chi connectivity index (χ1) is 15.6. The summed E-state index contributed by atoms with van der Waals surface area (Å²) in [6, 6.07) is 11.0. The zero-order valence-electron chi connectivity index (χ0n) is 17.0. The minimum Gasteiger partial charge on any atom is -0.481 e. The van der Waals surface area contributed by atoms with Crippen molar-refractivity contribution in [1.82, 2.24) is 15.5 Å². The summed E-state index contributed by atoms with van der Waals surface area (Å²) >= 11 is 6.51. The van der Waals surface area contributed by atoms with E-state index in [1.807, 2.05) is 24.3 Å². The van der Waals surface area contributed by atoms with E-state index < -0.39 is 5.91 Å². The third-order valence-electron chi connectivity index (χ3n) is 6.15. The molecule has 0 spiro atoms. The Hall–Kier alpha value is -3.42. The number of hydrogen-bond donors (Lipinski definition) is 2. The van der Waals surface area contributed by atoms with Crippen LogP contribution in [0.5, 0.6) is 5.75 Å². The number of nitrogens with zero attached hydrogens (tertiary/aromatic N) is 2. The summed E-state index contributed by atoms with van der Waals surface area (Å²) in [5, 5.41) is 9.15. The number of amides is 1. The van der Waals surface area contributed by atoms with E-state index in [2.05, 4.69) is 15.5 Å². The molecule has 8 heteroatoms.